The Kier molecular flexibility index (Phi) is 6.05. The first-order chi connectivity index (χ1) is 16.5. The van der Waals surface area contributed by atoms with Crippen LogP contribution in [0.3, 0.4) is 0 Å². The monoisotopic (exact) mass is 480 g/mol. The van der Waals surface area contributed by atoms with E-state index in [9.17, 15) is 0 Å². The van der Waals surface area contributed by atoms with E-state index in [1.807, 2.05) is 0 Å². The molecular formula is C34H56O. The summed E-state index contributed by atoms with van der Waals surface area (Å²) in [6.45, 7) is 22.1. The van der Waals surface area contributed by atoms with Gasteiger partial charge in [0.1, 0.15) is 5.60 Å². The highest BCUT2D eigenvalue weighted by Gasteiger charge is 2.69. The van der Waals surface area contributed by atoms with Crippen molar-refractivity contribution in [1.29, 1.82) is 0 Å². The van der Waals surface area contributed by atoms with Crippen LogP contribution in [0.5, 0.6) is 0 Å². The van der Waals surface area contributed by atoms with Crippen molar-refractivity contribution in [3.8, 4) is 0 Å². The summed E-state index contributed by atoms with van der Waals surface area (Å²) in [6, 6.07) is 0. The highest BCUT2D eigenvalue weighted by molar-refractivity contribution is 5.20. The summed E-state index contributed by atoms with van der Waals surface area (Å²) in [5.74, 6) is 13.2. The zero-order valence-electron chi connectivity index (χ0n) is 24.2. The molecule has 0 amide bonds. The van der Waals surface area contributed by atoms with Crippen LogP contribution >= 0.6 is 0 Å². The maximum Gasteiger partial charge on any atom is 0.103 e. The molecule has 0 aliphatic heterocycles. The van der Waals surface area contributed by atoms with E-state index < -0.39 is 0 Å². The van der Waals surface area contributed by atoms with Crippen LogP contribution in [0.25, 0.3) is 0 Å². The van der Waals surface area contributed by atoms with Crippen molar-refractivity contribution < 1.29 is 4.74 Å². The van der Waals surface area contributed by atoms with Crippen LogP contribution in [0.4, 0.5) is 0 Å². The van der Waals surface area contributed by atoms with Crippen LogP contribution in [-0.2, 0) is 4.74 Å². The largest absolute Gasteiger partial charge is 0.493 e. The van der Waals surface area contributed by atoms with Gasteiger partial charge in [-0.25, -0.2) is 0 Å². The second-order valence-corrected chi connectivity index (χ2v) is 16.1. The fourth-order valence-electron chi connectivity index (χ4n) is 12.3. The Bertz CT molecular complexity index is 820. The lowest BCUT2D eigenvalue weighted by Gasteiger charge is -2.51. The van der Waals surface area contributed by atoms with Crippen LogP contribution in [0, 0.1) is 82.3 Å². The summed E-state index contributed by atoms with van der Waals surface area (Å²) in [5, 5.41) is 0. The van der Waals surface area contributed by atoms with Crippen molar-refractivity contribution in [2.75, 3.05) is 0 Å². The van der Waals surface area contributed by atoms with E-state index in [1.54, 1.807) is 0 Å². The predicted molar refractivity (Wildman–Crippen MR) is 147 cm³/mol. The van der Waals surface area contributed by atoms with Crippen LogP contribution < -0.4 is 0 Å². The topological polar surface area (TPSA) is 9.23 Å². The molecule has 0 radical (unpaired) electrons. The van der Waals surface area contributed by atoms with Gasteiger partial charge in [-0.15, -0.1) is 0 Å². The minimum Gasteiger partial charge on any atom is -0.493 e. The second kappa shape index (κ2) is 8.53. The van der Waals surface area contributed by atoms with Crippen LogP contribution in [0.15, 0.2) is 12.3 Å². The van der Waals surface area contributed by atoms with Crippen molar-refractivity contribution in [2.24, 2.45) is 82.3 Å². The lowest BCUT2D eigenvalue weighted by molar-refractivity contribution is -0.0515. The lowest BCUT2D eigenvalue weighted by Crippen LogP contribution is -2.47. The van der Waals surface area contributed by atoms with E-state index >= 15 is 0 Å². The van der Waals surface area contributed by atoms with Crippen molar-refractivity contribution >= 4 is 0 Å². The van der Waals surface area contributed by atoms with Crippen LogP contribution in [0.2, 0.25) is 0 Å². The number of fused-ring (bicyclic) bond motifs is 10. The molecule has 0 saturated heterocycles. The number of hydrogen-bond acceptors (Lipinski definition) is 1. The fourth-order valence-corrected chi connectivity index (χ4v) is 12.3. The molecule has 12 atom stereocenters. The zero-order valence-corrected chi connectivity index (χ0v) is 24.2. The molecule has 0 N–H and O–H groups in total. The third-order valence-corrected chi connectivity index (χ3v) is 13.4. The summed E-state index contributed by atoms with van der Waals surface area (Å²) in [4.78, 5) is 0. The molecule has 6 rings (SSSR count). The Morgan fingerprint density at radius 3 is 2.34 bits per heavy atom. The van der Waals surface area contributed by atoms with E-state index in [0.717, 1.165) is 71.0 Å². The highest BCUT2D eigenvalue weighted by atomic mass is 16.5. The number of hydrogen-bond donors (Lipinski definition) is 0. The van der Waals surface area contributed by atoms with Gasteiger partial charge in [-0.1, -0.05) is 60.5 Å². The first-order valence-electron chi connectivity index (χ1n) is 15.9. The van der Waals surface area contributed by atoms with Gasteiger partial charge in [0.05, 0.1) is 5.76 Å². The maximum atomic E-state index is 6.89. The molecule has 6 aliphatic rings. The molecule has 1 nitrogen and oxygen atoms in total. The third kappa shape index (κ3) is 3.81. The minimum absolute atomic E-state index is 0.0510. The van der Waals surface area contributed by atoms with E-state index in [1.165, 1.54) is 70.0 Å². The normalized spacial score (nSPS) is 48.1. The van der Waals surface area contributed by atoms with E-state index in [4.69, 9.17) is 4.74 Å². The molecular weight excluding hydrogens is 424 g/mol. The molecule has 4 bridgehead atoms. The Morgan fingerprint density at radius 1 is 0.857 bits per heavy atom. The maximum absolute atomic E-state index is 6.89. The molecule has 198 valence electrons. The summed E-state index contributed by atoms with van der Waals surface area (Å²) in [7, 11) is 0. The lowest BCUT2D eigenvalue weighted by atomic mass is 9.53. The van der Waals surface area contributed by atoms with Gasteiger partial charge in [0.25, 0.3) is 0 Å². The second-order valence-electron chi connectivity index (χ2n) is 16.1. The average molecular weight is 481 g/mol. The van der Waals surface area contributed by atoms with E-state index in [0.29, 0.717) is 11.3 Å². The van der Waals surface area contributed by atoms with Crippen LogP contribution in [0.1, 0.15) is 113 Å². The first kappa shape index (κ1) is 24.9. The minimum atomic E-state index is -0.0510. The van der Waals surface area contributed by atoms with Crippen molar-refractivity contribution in [2.45, 2.75) is 118 Å². The molecule has 1 heteroatoms. The number of allylic oxidation sites excluding steroid dienone is 1. The van der Waals surface area contributed by atoms with E-state index in [-0.39, 0.29) is 5.60 Å². The molecule has 35 heavy (non-hydrogen) atoms. The predicted octanol–water partition coefficient (Wildman–Crippen LogP) is 9.37. The average Bonchev–Trinajstić information content (AvgIpc) is 3.60. The van der Waals surface area contributed by atoms with Gasteiger partial charge in [0, 0.05) is 5.92 Å². The first-order valence-corrected chi connectivity index (χ1v) is 15.9. The van der Waals surface area contributed by atoms with E-state index in [2.05, 4.69) is 55.0 Å². The molecule has 0 aromatic rings. The Balaban J connectivity index is 1.15. The molecule has 6 saturated carbocycles. The quantitative estimate of drug-likeness (QED) is 0.248. The molecule has 6 fully saturated rings. The summed E-state index contributed by atoms with van der Waals surface area (Å²) in [6.07, 6.45) is 14.3. The van der Waals surface area contributed by atoms with Gasteiger partial charge in [-0.05, 0) is 135 Å². The summed E-state index contributed by atoms with van der Waals surface area (Å²) in [5.41, 5.74) is 0.427. The summed E-state index contributed by atoms with van der Waals surface area (Å²) < 4.78 is 6.89. The smallest absolute Gasteiger partial charge is 0.103 e. The molecule has 0 heterocycles. The van der Waals surface area contributed by atoms with Gasteiger partial charge >= 0.3 is 0 Å². The van der Waals surface area contributed by atoms with Gasteiger partial charge < -0.3 is 4.74 Å². The fraction of sp³-hybridized carbons (Fsp3) is 0.941. The van der Waals surface area contributed by atoms with Crippen molar-refractivity contribution in [1.82, 2.24) is 0 Å². The van der Waals surface area contributed by atoms with Gasteiger partial charge in [0.2, 0.25) is 0 Å². The Labute approximate surface area is 217 Å². The number of ether oxygens (including phenoxy) is 1. The Hall–Kier alpha value is -0.460. The SMILES string of the molecule is C=C(OC(C)(C)CC1CCC2CCCC21)C1CC2CC1C1C3CC(C21)C(C(C)C)C3C(C)(C)CC. The summed E-state index contributed by atoms with van der Waals surface area (Å²) >= 11 is 0. The zero-order chi connectivity index (χ0) is 24.9. The molecule has 0 aromatic heterocycles. The molecule has 12 unspecified atom stereocenters. The molecule has 0 aromatic carbocycles. The van der Waals surface area contributed by atoms with Gasteiger partial charge in [-0.3, -0.25) is 0 Å². The molecule has 0 spiro atoms. The highest BCUT2D eigenvalue weighted by Crippen LogP contribution is 2.75. The van der Waals surface area contributed by atoms with Gasteiger partial charge in [-0.2, -0.15) is 0 Å². The van der Waals surface area contributed by atoms with Gasteiger partial charge in [0.15, 0.2) is 0 Å². The third-order valence-electron chi connectivity index (χ3n) is 13.4. The standard InChI is InChI=1S/C34H56O/c1-9-33(5,6)32-28-17-27(29(32)19(2)3)30-23-15-25(26(16-23)31(28)30)20(4)35-34(7,8)18-22-14-13-21-11-10-12-24(21)22/h19,21-32H,4,9-18H2,1-3,5-8H3. The van der Waals surface area contributed by atoms with Crippen molar-refractivity contribution in [3.63, 3.8) is 0 Å². The van der Waals surface area contributed by atoms with Crippen molar-refractivity contribution in [3.05, 3.63) is 12.3 Å². The molecule has 6 aliphatic carbocycles. The van der Waals surface area contributed by atoms with Crippen LogP contribution in [-0.4, -0.2) is 5.60 Å². The number of rotatable bonds is 8. The Morgan fingerprint density at radius 2 is 1.63 bits per heavy atom.